The molecule has 2 rings (SSSR count). The molecule has 1 N–H and O–H groups in total. The van der Waals surface area contributed by atoms with E-state index in [-0.39, 0.29) is 5.92 Å². The van der Waals surface area contributed by atoms with Crippen molar-refractivity contribution < 1.29 is 5.11 Å². The van der Waals surface area contributed by atoms with E-state index in [2.05, 4.69) is 0 Å². The second-order valence-corrected chi connectivity index (χ2v) is 5.65. The predicted octanol–water partition coefficient (Wildman–Crippen LogP) is 3.39. The summed E-state index contributed by atoms with van der Waals surface area (Å²) in [7, 11) is 3.91. The lowest BCUT2D eigenvalue weighted by Crippen LogP contribution is -2.31. The van der Waals surface area contributed by atoms with Gasteiger partial charge in [0.05, 0.1) is 6.10 Å². The van der Waals surface area contributed by atoms with Crippen LogP contribution < -0.4 is 0 Å². The molecule has 0 spiro atoms. The molecule has 0 aromatic heterocycles. The Morgan fingerprint density at radius 1 is 1.00 bits per heavy atom. The molecule has 0 amide bonds. The molecule has 2 unspecified atom stereocenters. The van der Waals surface area contributed by atoms with Gasteiger partial charge in [0.25, 0.3) is 0 Å². The summed E-state index contributed by atoms with van der Waals surface area (Å²) < 4.78 is 0. The molecule has 0 bridgehead atoms. The van der Waals surface area contributed by atoms with E-state index in [9.17, 15) is 5.11 Å². The summed E-state index contributed by atoms with van der Waals surface area (Å²) in [5, 5.41) is 11.3. The summed E-state index contributed by atoms with van der Waals surface area (Å²) in [6, 6.07) is 17.7. The van der Waals surface area contributed by atoms with Crippen LogP contribution in [0.15, 0.2) is 54.6 Å². The van der Waals surface area contributed by atoms with Crippen molar-refractivity contribution in [2.45, 2.75) is 12.0 Å². The van der Waals surface area contributed by atoms with Gasteiger partial charge in [-0.05, 0) is 31.3 Å². The Balaban J connectivity index is 2.42. The summed E-state index contributed by atoms with van der Waals surface area (Å²) in [6.45, 7) is 0.588. The van der Waals surface area contributed by atoms with Gasteiger partial charge in [0.1, 0.15) is 0 Å². The zero-order valence-corrected chi connectivity index (χ0v) is 12.6. The van der Waals surface area contributed by atoms with Crippen LogP contribution in [0, 0.1) is 0 Å². The number of rotatable bonds is 5. The summed E-state index contributed by atoms with van der Waals surface area (Å²) in [5.41, 5.74) is 2.05. The average molecular weight is 290 g/mol. The molecular weight excluding hydrogens is 270 g/mol. The van der Waals surface area contributed by atoms with Gasteiger partial charge in [-0.1, -0.05) is 60.1 Å². The van der Waals surface area contributed by atoms with Crippen molar-refractivity contribution in [3.05, 3.63) is 70.7 Å². The molecule has 0 heterocycles. The molecule has 0 aliphatic carbocycles. The van der Waals surface area contributed by atoms with Gasteiger partial charge in [-0.25, -0.2) is 0 Å². The molecule has 106 valence electrons. The number of aliphatic hydroxyl groups excluding tert-OH is 1. The van der Waals surface area contributed by atoms with Crippen molar-refractivity contribution >= 4 is 11.6 Å². The molecule has 20 heavy (non-hydrogen) atoms. The lowest BCUT2D eigenvalue weighted by molar-refractivity contribution is 0.121. The van der Waals surface area contributed by atoms with E-state index in [1.54, 1.807) is 0 Å². The lowest BCUT2D eigenvalue weighted by Gasteiger charge is -2.27. The van der Waals surface area contributed by atoms with Gasteiger partial charge in [0.15, 0.2) is 0 Å². The largest absolute Gasteiger partial charge is 0.391 e. The molecule has 0 aliphatic rings. The van der Waals surface area contributed by atoms with Crippen LogP contribution in [0.1, 0.15) is 17.0 Å². The van der Waals surface area contributed by atoms with Crippen molar-refractivity contribution in [2.24, 2.45) is 0 Å². The van der Waals surface area contributed by atoms with E-state index < -0.39 is 6.10 Å². The average Bonchev–Trinajstić information content (AvgIpc) is 2.42. The van der Waals surface area contributed by atoms with Crippen LogP contribution in [0.3, 0.4) is 0 Å². The minimum atomic E-state index is -0.507. The Labute approximate surface area is 125 Å². The predicted molar refractivity (Wildman–Crippen MR) is 84.3 cm³/mol. The van der Waals surface area contributed by atoms with Gasteiger partial charge in [0, 0.05) is 17.5 Å². The van der Waals surface area contributed by atoms with E-state index in [1.165, 1.54) is 0 Å². The molecule has 0 saturated carbocycles. The maximum atomic E-state index is 10.6. The molecule has 0 radical (unpaired) electrons. The van der Waals surface area contributed by atoms with Gasteiger partial charge in [0.2, 0.25) is 0 Å². The van der Waals surface area contributed by atoms with Gasteiger partial charge >= 0.3 is 0 Å². The smallest absolute Gasteiger partial charge is 0.0776 e. The summed E-state index contributed by atoms with van der Waals surface area (Å²) in [5.74, 6) is -0.118. The fraction of sp³-hybridized carbons (Fsp3) is 0.294. The summed E-state index contributed by atoms with van der Waals surface area (Å²) in [4.78, 5) is 1.98. The third-order valence-electron chi connectivity index (χ3n) is 3.34. The Hall–Kier alpha value is -1.35. The maximum Gasteiger partial charge on any atom is 0.0776 e. The summed E-state index contributed by atoms with van der Waals surface area (Å²) >= 11 is 6.32. The number of aliphatic hydroxyl groups is 1. The molecule has 2 nitrogen and oxygen atoms in total. The second-order valence-electron chi connectivity index (χ2n) is 5.24. The standard InChI is InChI=1S/C17H20ClNO/c1-19(2)12-16(20)17(13-8-4-3-5-9-13)14-10-6-7-11-15(14)18/h3-11,16-17,20H,12H2,1-2H3. The lowest BCUT2D eigenvalue weighted by atomic mass is 9.86. The van der Waals surface area contributed by atoms with Crippen molar-refractivity contribution in [1.29, 1.82) is 0 Å². The molecule has 0 saturated heterocycles. The fourth-order valence-electron chi connectivity index (χ4n) is 2.48. The number of likely N-dealkylation sites (N-methyl/N-ethyl adjacent to an activating group) is 1. The molecule has 0 fully saturated rings. The highest BCUT2D eigenvalue weighted by Gasteiger charge is 2.25. The first-order valence-corrected chi connectivity index (χ1v) is 7.09. The molecule has 2 atom stereocenters. The van der Waals surface area contributed by atoms with Crippen LogP contribution in [0.5, 0.6) is 0 Å². The van der Waals surface area contributed by atoms with Crippen molar-refractivity contribution in [3.63, 3.8) is 0 Å². The van der Waals surface area contributed by atoms with E-state index in [0.29, 0.717) is 11.6 Å². The van der Waals surface area contributed by atoms with Crippen LogP contribution in [0.25, 0.3) is 0 Å². The van der Waals surface area contributed by atoms with Gasteiger partial charge in [-0.3, -0.25) is 0 Å². The Morgan fingerprint density at radius 3 is 2.20 bits per heavy atom. The second kappa shape index (κ2) is 6.89. The minimum Gasteiger partial charge on any atom is -0.391 e. The number of benzene rings is 2. The number of halogens is 1. The highest BCUT2D eigenvalue weighted by atomic mass is 35.5. The number of hydrogen-bond donors (Lipinski definition) is 1. The zero-order chi connectivity index (χ0) is 14.5. The van der Waals surface area contributed by atoms with Crippen LogP contribution in [0.4, 0.5) is 0 Å². The molecule has 2 aromatic carbocycles. The van der Waals surface area contributed by atoms with Gasteiger partial charge in [-0.2, -0.15) is 0 Å². The Bertz CT molecular complexity index is 542. The SMILES string of the molecule is CN(C)CC(O)C(c1ccccc1)c1ccccc1Cl. The fourth-order valence-corrected chi connectivity index (χ4v) is 2.73. The van der Waals surface area contributed by atoms with Crippen LogP contribution >= 0.6 is 11.6 Å². The highest BCUT2D eigenvalue weighted by Crippen LogP contribution is 2.33. The quantitative estimate of drug-likeness (QED) is 0.912. The van der Waals surface area contributed by atoms with E-state index in [1.807, 2.05) is 73.6 Å². The Morgan fingerprint density at radius 2 is 1.60 bits per heavy atom. The first kappa shape index (κ1) is 15.0. The van der Waals surface area contributed by atoms with Crippen LogP contribution in [0.2, 0.25) is 5.02 Å². The first-order chi connectivity index (χ1) is 9.59. The minimum absolute atomic E-state index is 0.118. The Kier molecular flexibility index (Phi) is 5.18. The number of hydrogen-bond acceptors (Lipinski definition) is 2. The number of nitrogens with zero attached hydrogens (tertiary/aromatic N) is 1. The molecule has 3 heteroatoms. The van der Waals surface area contributed by atoms with Crippen LogP contribution in [-0.2, 0) is 0 Å². The van der Waals surface area contributed by atoms with E-state index >= 15 is 0 Å². The summed E-state index contributed by atoms with van der Waals surface area (Å²) in [6.07, 6.45) is -0.507. The normalized spacial score (nSPS) is 14.2. The third-order valence-corrected chi connectivity index (χ3v) is 3.68. The first-order valence-electron chi connectivity index (χ1n) is 6.71. The van der Waals surface area contributed by atoms with E-state index in [0.717, 1.165) is 11.1 Å². The highest BCUT2D eigenvalue weighted by molar-refractivity contribution is 6.31. The van der Waals surface area contributed by atoms with E-state index in [4.69, 9.17) is 11.6 Å². The van der Waals surface area contributed by atoms with Crippen molar-refractivity contribution in [2.75, 3.05) is 20.6 Å². The maximum absolute atomic E-state index is 10.6. The zero-order valence-electron chi connectivity index (χ0n) is 11.8. The molecule has 2 aromatic rings. The molecular formula is C17H20ClNO. The topological polar surface area (TPSA) is 23.5 Å². The van der Waals surface area contributed by atoms with Crippen molar-refractivity contribution in [1.82, 2.24) is 4.90 Å². The third kappa shape index (κ3) is 3.60. The van der Waals surface area contributed by atoms with Gasteiger partial charge in [-0.15, -0.1) is 0 Å². The van der Waals surface area contributed by atoms with Gasteiger partial charge < -0.3 is 10.0 Å². The van der Waals surface area contributed by atoms with Crippen LogP contribution in [-0.4, -0.2) is 36.8 Å². The van der Waals surface area contributed by atoms with Crippen molar-refractivity contribution in [3.8, 4) is 0 Å². The monoisotopic (exact) mass is 289 g/mol. The molecule has 0 aliphatic heterocycles.